The van der Waals surface area contributed by atoms with Gasteiger partial charge in [-0.05, 0) is 19.3 Å². The number of rotatable bonds is 3. The van der Waals surface area contributed by atoms with Crippen LogP contribution in [0, 0.1) is 17.2 Å². The summed E-state index contributed by atoms with van der Waals surface area (Å²) in [7, 11) is 0. The molecular formula is C9H13ClN2O. The summed E-state index contributed by atoms with van der Waals surface area (Å²) in [6.07, 6.45) is 2.55. The van der Waals surface area contributed by atoms with Gasteiger partial charge in [-0.15, -0.1) is 11.6 Å². The topological polar surface area (TPSA) is 52.9 Å². The van der Waals surface area contributed by atoms with Gasteiger partial charge in [-0.2, -0.15) is 5.26 Å². The lowest BCUT2D eigenvalue weighted by Gasteiger charge is -2.36. The molecule has 13 heavy (non-hydrogen) atoms. The predicted molar refractivity (Wildman–Crippen MR) is 50.2 cm³/mol. The zero-order chi connectivity index (χ0) is 9.90. The monoisotopic (exact) mass is 200 g/mol. The summed E-state index contributed by atoms with van der Waals surface area (Å²) >= 11 is 5.54. The van der Waals surface area contributed by atoms with E-state index in [2.05, 4.69) is 11.4 Å². The summed E-state index contributed by atoms with van der Waals surface area (Å²) in [6, 6.07) is 2.15. The number of alkyl halides is 1. The molecule has 0 heterocycles. The summed E-state index contributed by atoms with van der Waals surface area (Å²) in [6.45, 7) is 1.76. The van der Waals surface area contributed by atoms with Crippen LogP contribution in [0.1, 0.15) is 26.2 Å². The highest BCUT2D eigenvalue weighted by atomic mass is 35.5. The Balaban J connectivity index is 2.48. The van der Waals surface area contributed by atoms with Crippen LogP contribution in [0.25, 0.3) is 0 Å². The summed E-state index contributed by atoms with van der Waals surface area (Å²) in [5.74, 6) is -0.0309. The molecule has 1 saturated carbocycles. The Kier molecular flexibility index (Phi) is 3.16. The van der Waals surface area contributed by atoms with Crippen LogP contribution in [-0.4, -0.2) is 17.3 Å². The molecule has 0 bridgehead atoms. The molecule has 72 valence electrons. The predicted octanol–water partition coefficient (Wildman–Crippen LogP) is 1.42. The highest BCUT2D eigenvalue weighted by Gasteiger charge is 2.39. The number of nitrogens with zero attached hydrogens (tertiary/aromatic N) is 1. The molecule has 0 radical (unpaired) electrons. The third-order valence-corrected chi connectivity index (χ3v) is 2.93. The lowest BCUT2D eigenvalue weighted by Crippen LogP contribution is -2.53. The van der Waals surface area contributed by atoms with Gasteiger partial charge in [0.15, 0.2) is 0 Å². The molecule has 1 aliphatic carbocycles. The van der Waals surface area contributed by atoms with Gasteiger partial charge in [0.25, 0.3) is 0 Å². The number of hydrogen-bond acceptors (Lipinski definition) is 2. The first kappa shape index (κ1) is 10.3. The third kappa shape index (κ3) is 2.13. The van der Waals surface area contributed by atoms with E-state index in [0.717, 1.165) is 19.3 Å². The molecule has 0 aromatic carbocycles. The third-order valence-electron chi connectivity index (χ3n) is 2.46. The fraction of sp³-hybridized carbons (Fsp3) is 0.778. The Morgan fingerprint density at radius 2 is 2.38 bits per heavy atom. The first-order valence-electron chi connectivity index (χ1n) is 4.43. The van der Waals surface area contributed by atoms with E-state index in [1.165, 1.54) is 0 Å². The van der Waals surface area contributed by atoms with Crippen LogP contribution < -0.4 is 5.32 Å². The van der Waals surface area contributed by atoms with Gasteiger partial charge in [0.05, 0.1) is 6.07 Å². The molecule has 1 fully saturated rings. The first-order valence-corrected chi connectivity index (χ1v) is 4.96. The fourth-order valence-electron chi connectivity index (χ4n) is 1.22. The van der Waals surface area contributed by atoms with Gasteiger partial charge in [0.2, 0.25) is 5.91 Å². The summed E-state index contributed by atoms with van der Waals surface area (Å²) in [5, 5.41) is 11.6. The number of carbonyl (C=O) groups is 1. The second-order valence-corrected chi connectivity index (χ2v) is 3.90. The zero-order valence-corrected chi connectivity index (χ0v) is 8.40. The molecule has 3 nitrogen and oxygen atoms in total. The van der Waals surface area contributed by atoms with Crippen molar-refractivity contribution in [3.63, 3.8) is 0 Å². The molecule has 1 N–H and O–H groups in total. The first-order chi connectivity index (χ1) is 6.13. The van der Waals surface area contributed by atoms with Crippen molar-refractivity contribution in [2.45, 2.75) is 31.7 Å². The summed E-state index contributed by atoms with van der Waals surface area (Å²) < 4.78 is 0. The minimum atomic E-state index is -0.586. The normalized spacial score (nSPS) is 21.0. The standard InChI is InChI=1S/C9H13ClN2O/c1-7(5-10)8(13)12-9(6-11)3-2-4-9/h7H,2-5H2,1H3,(H,12,13). The highest BCUT2D eigenvalue weighted by molar-refractivity contribution is 6.19. The summed E-state index contributed by atoms with van der Waals surface area (Å²) in [4.78, 5) is 11.4. The van der Waals surface area contributed by atoms with Gasteiger partial charge >= 0.3 is 0 Å². The maximum atomic E-state index is 11.4. The van der Waals surface area contributed by atoms with E-state index >= 15 is 0 Å². The lowest BCUT2D eigenvalue weighted by atomic mass is 9.78. The van der Waals surface area contributed by atoms with Gasteiger partial charge in [0, 0.05) is 11.8 Å². The molecule has 1 amide bonds. The van der Waals surface area contributed by atoms with Gasteiger partial charge in [0.1, 0.15) is 5.54 Å². The van der Waals surface area contributed by atoms with Gasteiger partial charge in [-0.25, -0.2) is 0 Å². The van der Waals surface area contributed by atoms with Crippen LogP contribution in [0.3, 0.4) is 0 Å². The van der Waals surface area contributed by atoms with Gasteiger partial charge in [-0.1, -0.05) is 6.92 Å². The van der Waals surface area contributed by atoms with E-state index in [0.29, 0.717) is 5.88 Å². The smallest absolute Gasteiger partial charge is 0.225 e. The van der Waals surface area contributed by atoms with Gasteiger partial charge < -0.3 is 5.32 Å². The molecular weight excluding hydrogens is 188 g/mol. The van der Waals surface area contributed by atoms with Crippen molar-refractivity contribution in [1.82, 2.24) is 5.32 Å². The van der Waals surface area contributed by atoms with E-state index in [1.54, 1.807) is 6.92 Å². The van der Waals surface area contributed by atoms with Crippen LogP contribution in [0.2, 0.25) is 0 Å². The Labute approximate surface area is 83.1 Å². The van der Waals surface area contributed by atoms with E-state index in [9.17, 15) is 4.79 Å². The van der Waals surface area contributed by atoms with E-state index in [1.807, 2.05) is 0 Å². The molecule has 0 spiro atoms. The average Bonchev–Trinajstić information content (AvgIpc) is 2.09. The van der Waals surface area contributed by atoms with Crippen molar-refractivity contribution in [2.24, 2.45) is 5.92 Å². The molecule has 1 unspecified atom stereocenters. The maximum absolute atomic E-state index is 11.4. The van der Waals surface area contributed by atoms with Crippen LogP contribution in [-0.2, 0) is 4.79 Å². The molecule has 1 rings (SSSR count). The van der Waals surface area contributed by atoms with Crippen molar-refractivity contribution >= 4 is 17.5 Å². The molecule has 1 atom stereocenters. The number of amides is 1. The quantitative estimate of drug-likeness (QED) is 0.701. The number of nitrogens with one attached hydrogen (secondary N) is 1. The number of nitriles is 1. The zero-order valence-electron chi connectivity index (χ0n) is 7.64. The van der Waals surface area contributed by atoms with E-state index in [-0.39, 0.29) is 11.8 Å². The van der Waals surface area contributed by atoms with Gasteiger partial charge in [-0.3, -0.25) is 4.79 Å². The van der Waals surface area contributed by atoms with Crippen LogP contribution in [0.15, 0.2) is 0 Å². The van der Waals surface area contributed by atoms with Crippen LogP contribution in [0.5, 0.6) is 0 Å². The number of carbonyl (C=O) groups excluding carboxylic acids is 1. The minimum absolute atomic E-state index is 0.115. The number of halogens is 1. The molecule has 0 aromatic heterocycles. The van der Waals surface area contributed by atoms with Crippen molar-refractivity contribution in [3.05, 3.63) is 0 Å². The van der Waals surface area contributed by atoms with Crippen molar-refractivity contribution in [2.75, 3.05) is 5.88 Å². The molecule has 0 aliphatic heterocycles. The molecule has 0 aromatic rings. The maximum Gasteiger partial charge on any atom is 0.225 e. The molecule has 4 heteroatoms. The Bertz CT molecular complexity index is 242. The second kappa shape index (κ2) is 3.97. The molecule has 1 aliphatic rings. The van der Waals surface area contributed by atoms with Crippen molar-refractivity contribution < 1.29 is 4.79 Å². The van der Waals surface area contributed by atoms with E-state index < -0.39 is 5.54 Å². The fourth-order valence-corrected chi connectivity index (χ4v) is 1.36. The number of hydrogen-bond donors (Lipinski definition) is 1. The SMILES string of the molecule is CC(CCl)C(=O)NC1(C#N)CCC1. The Morgan fingerprint density at radius 1 is 1.77 bits per heavy atom. The lowest BCUT2D eigenvalue weighted by molar-refractivity contribution is -0.126. The minimum Gasteiger partial charge on any atom is -0.338 e. The van der Waals surface area contributed by atoms with Crippen molar-refractivity contribution in [1.29, 1.82) is 5.26 Å². The highest BCUT2D eigenvalue weighted by Crippen LogP contribution is 2.31. The summed E-state index contributed by atoms with van der Waals surface area (Å²) in [5.41, 5.74) is -0.586. The van der Waals surface area contributed by atoms with Crippen LogP contribution in [0.4, 0.5) is 0 Å². The molecule has 0 saturated heterocycles. The Morgan fingerprint density at radius 3 is 2.69 bits per heavy atom. The van der Waals surface area contributed by atoms with E-state index in [4.69, 9.17) is 16.9 Å². The van der Waals surface area contributed by atoms with Crippen LogP contribution >= 0.6 is 11.6 Å². The largest absolute Gasteiger partial charge is 0.338 e. The van der Waals surface area contributed by atoms with Crippen molar-refractivity contribution in [3.8, 4) is 6.07 Å². The average molecular weight is 201 g/mol. The Hall–Kier alpha value is -0.750. The second-order valence-electron chi connectivity index (χ2n) is 3.59.